The fourth-order valence-electron chi connectivity index (χ4n) is 1.00. The van der Waals surface area contributed by atoms with E-state index in [0.717, 1.165) is 6.08 Å². The summed E-state index contributed by atoms with van der Waals surface area (Å²) in [6, 6.07) is 0. The molecule has 0 bridgehead atoms. The first kappa shape index (κ1) is 16.1. The molecule has 0 saturated carbocycles. The van der Waals surface area contributed by atoms with E-state index in [9.17, 15) is 9.59 Å². The van der Waals surface area contributed by atoms with Crippen LogP contribution in [0.5, 0.6) is 0 Å². The van der Waals surface area contributed by atoms with Crippen LogP contribution in [0, 0.1) is 0 Å². The van der Waals surface area contributed by atoms with Crippen LogP contribution in [0.1, 0.15) is 13.8 Å². The standard InChI is InChI=1S/C13H18O5/c1-4-11(7-6-8-14)13(16)18-10(3)9-17-12(15)5-2/h4-7,10,14H,2,8-9H2,1,3H3/b7-6-,11-4+. The van der Waals surface area contributed by atoms with E-state index in [1.165, 1.54) is 12.2 Å². The molecular formula is C13H18O5. The molecule has 0 aromatic carbocycles. The smallest absolute Gasteiger partial charge is 0.338 e. The maximum Gasteiger partial charge on any atom is 0.338 e. The molecule has 100 valence electrons. The molecule has 0 spiro atoms. The summed E-state index contributed by atoms with van der Waals surface area (Å²) in [4.78, 5) is 22.4. The quantitative estimate of drug-likeness (QED) is 0.419. The largest absolute Gasteiger partial charge is 0.459 e. The molecule has 1 atom stereocenters. The molecule has 0 fully saturated rings. The highest BCUT2D eigenvalue weighted by molar-refractivity contribution is 5.91. The maximum atomic E-state index is 11.6. The highest BCUT2D eigenvalue weighted by Gasteiger charge is 2.13. The second-order valence-electron chi connectivity index (χ2n) is 3.38. The summed E-state index contributed by atoms with van der Waals surface area (Å²) < 4.78 is 9.78. The van der Waals surface area contributed by atoms with Crippen molar-refractivity contribution in [2.24, 2.45) is 0 Å². The third kappa shape index (κ3) is 6.65. The average molecular weight is 254 g/mol. The molecule has 1 unspecified atom stereocenters. The van der Waals surface area contributed by atoms with Crippen molar-refractivity contribution in [3.05, 3.63) is 36.5 Å². The molecule has 0 heterocycles. The van der Waals surface area contributed by atoms with Crippen LogP contribution in [0.15, 0.2) is 36.5 Å². The molecule has 0 aliphatic carbocycles. The van der Waals surface area contributed by atoms with Crippen molar-refractivity contribution >= 4 is 11.9 Å². The van der Waals surface area contributed by atoms with E-state index >= 15 is 0 Å². The third-order valence-corrected chi connectivity index (χ3v) is 1.88. The Morgan fingerprint density at radius 1 is 1.44 bits per heavy atom. The summed E-state index contributed by atoms with van der Waals surface area (Å²) in [6.07, 6.45) is 4.94. The normalized spacial score (nSPS) is 13.2. The van der Waals surface area contributed by atoms with Gasteiger partial charge in [-0.1, -0.05) is 18.7 Å². The zero-order valence-electron chi connectivity index (χ0n) is 10.6. The van der Waals surface area contributed by atoms with Gasteiger partial charge < -0.3 is 14.6 Å². The van der Waals surface area contributed by atoms with Gasteiger partial charge in [0, 0.05) is 6.08 Å². The molecule has 0 aromatic heterocycles. The van der Waals surface area contributed by atoms with Crippen molar-refractivity contribution in [2.45, 2.75) is 20.0 Å². The Balaban J connectivity index is 4.25. The van der Waals surface area contributed by atoms with Crippen LogP contribution in [0.3, 0.4) is 0 Å². The number of hydrogen-bond acceptors (Lipinski definition) is 5. The monoisotopic (exact) mass is 254 g/mol. The maximum absolute atomic E-state index is 11.6. The van der Waals surface area contributed by atoms with Crippen LogP contribution < -0.4 is 0 Å². The number of esters is 2. The lowest BCUT2D eigenvalue weighted by Crippen LogP contribution is -2.22. The molecule has 0 aliphatic heterocycles. The van der Waals surface area contributed by atoms with E-state index in [2.05, 4.69) is 6.58 Å². The van der Waals surface area contributed by atoms with Gasteiger partial charge in [-0.25, -0.2) is 9.59 Å². The highest BCUT2D eigenvalue weighted by atomic mass is 16.6. The summed E-state index contributed by atoms with van der Waals surface area (Å²) in [5.74, 6) is -1.10. The zero-order valence-corrected chi connectivity index (χ0v) is 10.6. The van der Waals surface area contributed by atoms with Crippen molar-refractivity contribution in [3.8, 4) is 0 Å². The predicted molar refractivity (Wildman–Crippen MR) is 66.7 cm³/mol. The number of allylic oxidation sites excluding steroid dienone is 1. The minimum Gasteiger partial charge on any atom is -0.459 e. The van der Waals surface area contributed by atoms with Crippen LogP contribution in [-0.2, 0) is 19.1 Å². The Kier molecular flexibility index (Phi) is 8.22. The Morgan fingerprint density at radius 2 is 2.11 bits per heavy atom. The molecule has 0 aliphatic rings. The topological polar surface area (TPSA) is 72.8 Å². The third-order valence-electron chi connectivity index (χ3n) is 1.88. The van der Waals surface area contributed by atoms with Gasteiger partial charge in [-0.15, -0.1) is 0 Å². The average Bonchev–Trinajstić information content (AvgIpc) is 2.36. The van der Waals surface area contributed by atoms with Gasteiger partial charge in [-0.3, -0.25) is 0 Å². The van der Waals surface area contributed by atoms with Gasteiger partial charge in [0.1, 0.15) is 12.7 Å². The first-order chi connectivity index (χ1) is 8.54. The van der Waals surface area contributed by atoms with Gasteiger partial charge in [0.15, 0.2) is 0 Å². The van der Waals surface area contributed by atoms with E-state index in [1.54, 1.807) is 19.9 Å². The van der Waals surface area contributed by atoms with Gasteiger partial charge in [0.2, 0.25) is 0 Å². The Hall–Kier alpha value is -1.88. The number of carbonyl (C=O) groups excluding carboxylic acids is 2. The van der Waals surface area contributed by atoms with Crippen LogP contribution in [-0.4, -0.2) is 36.4 Å². The zero-order chi connectivity index (χ0) is 14.0. The Labute approximate surface area is 106 Å². The first-order valence-electron chi connectivity index (χ1n) is 5.49. The van der Waals surface area contributed by atoms with Crippen LogP contribution in [0.4, 0.5) is 0 Å². The molecule has 0 radical (unpaired) electrons. The predicted octanol–water partition coefficient (Wildman–Crippen LogP) is 1.14. The van der Waals surface area contributed by atoms with E-state index in [0.29, 0.717) is 5.57 Å². The first-order valence-corrected chi connectivity index (χ1v) is 5.49. The number of aliphatic hydroxyl groups excluding tert-OH is 1. The van der Waals surface area contributed by atoms with Gasteiger partial charge in [-0.05, 0) is 19.9 Å². The molecular weight excluding hydrogens is 236 g/mol. The number of rotatable bonds is 7. The lowest BCUT2D eigenvalue weighted by molar-refractivity contribution is -0.152. The van der Waals surface area contributed by atoms with Gasteiger partial charge in [0.25, 0.3) is 0 Å². The Morgan fingerprint density at radius 3 is 2.61 bits per heavy atom. The van der Waals surface area contributed by atoms with E-state index in [4.69, 9.17) is 14.6 Å². The fourth-order valence-corrected chi connectivity index (χ4v) is 1.00. The van der Waals surface area contributed by atoms with Crippen molar-refractivity contribution in [2.75, 3.05) is 13.2 Å². The van der Waals surface area contributed by atoms with Gasteiger partial charge in [0.05, 0.1) is 12.2 Å². The number of hydrogen-bond donors (Lipinski definition) is 1. The van der Waals surface area contributed by atoms with Crippen LogP contribution in [0.25, 0.3) is 0 Å². The second-order valence-corrected chi connectivity index (χ2v) is 3.38. The van der Waals surface area contributed by atoms with Gasteiger partial charge in [-0.2, -0.15) is 0 Å². The molecule has 0 rings (SSSR count). The summed E-state index contributed by atoms with van der Waals surface area (Å²) in [5.41, 5.74) is 0.325. The summed E-state index contributed by atoms with van der Waals surface area (Å²) >= 11 is 0. The summed E-state index contributed by atoms with van der Waals surface area (Å²) in [7, 11) is 0. The molecule has 5 heteroatoms. The number of aliphatic hydroxyl groups is 1. The molecule has 5 nitrogen and oxygen atoms in total. The SMILES string of the molecule is C=CC(=O)OCC(C)OC(=O)C(/C=C\CO)=C/C. The van der Waals surface area contributed by atoms with Crippen molar-refractivity contribution in [1.29, 1.82) is 0 Å². The molecule has 0 saturated heterocycles. The van der Waals surface area contributed by atoms with Gasteiger partial charge >= 0.3 is 11.9 Å². The van der Waals surface area contributed by atoms with E-state index < -0.39 is 18.0 Å². The minimum absolute atomic E-state index is 0.0305. The molecule has 0 amide bonds. The van der Waals surface area contributed by atoms with E-state index in [1.807, 2.05) is 0 Å². The van der Waals surface area contributed by atoms with Crippen molar-refractivity contribution in [3.63, 3.8) is 0 Å². The minimum atomic E-state index is -0.565. The second kappa shape index (κ2) is 9.18. The Bertz CT molecular complexity index is 354. The molecule has 0 aromatic rings. The number of carbonyl (C=O) groups is 2. The number of ether oxygens (including phenoxy) is 2. The summed E-state index contributed by atoms with van der Waals surface area (Å²) in [5, 5.41) is 8.61. The van der Waals surface area contributed by atoms with Crippen molar-refractivity contribution in [1.82, 2.24) is 0 Å². The summed E-state index contributed by atoms with van der Waals surface area (Å²) in [6.45, 7) is 6.35. The van der Waals surface area contributed by atoms with Crippen LogP contribution in [0.2, 0.25) is 0 Å². The highest BCUT2D eigenvalue weighted by Crippen LogP contribution is 2.04. The van der Waals surface area contributed by atoms with Crippen molar-refractivity contribution < 1.29 is 24.2 Å². The molecule has 1 N–H and O–H groups in total. The van der Waals surface area contributed by atoms with E-state index in [-0.39, 0.29) is 13.2 Å². The lowest BCUT2D eigenvalue weighted by atomic mass is 10.2. The molecule has 18 heavy (non-hydrogen) atoms. The fraction of sp³-hybridized carbons (Fsp3) is 0.385. The lowest BCUT2D eigenvalue weighted by Gasteiger charge is -2.13. The van der Waals surface area contributed by atoms with Crippen LogP contribution >= 0.6 is 0 Å².